The van der Waals surface area contributed by atoms with Crippen LogP contribution in [0.5, 0.6) is 40.2 Å². The second-order valence-corrected chi connectivity index (χ2v) is 13.3. The first kappa shape index (κ1) is 33.2. The zero-order valence-corrected chi connectivity index (χ0v) is 29.3. The Hall–Kier alpha value is -4.28. The Labute approximate surface area is 288 Å². The third-order valence-electron chi connectivity index (χ3n) is 10.5. The fourth-order valence-corrected chi connectivity index (χ4v) is 7.86. The molecule has 4 heterocycles. The molecule has 4 aliphatic heterocycles. The van der Waals surface area contributed by atoms with Crippen molar-refractivity contribution in [2.45, 2.75) is 51.0 Å². The maximum absolute atomic E-state index is 10.7. The molecule has 0 aliphatic carbocycles. The summed E-state index contributed by atoms with van der Waals surface area (Å²) in [5.74, 6) is 4.42. The highest BCUT2D eigenvalue weighted by molar-refractivity contribution is 5.67. The quantitative estimate of drug-likeness (QED) is 0.239. The van der Waals surface area contributed by atoms with Gasteiger partial charge in [0.1, 0.15) is 11.5 Å². The molecule has 9 nitrogen and oxygen atoms in total. The molecular weight excluding hydrogens is 620 g/mol. The average Bonchev–Trinajstić information content (AvgIpc) is 3.11. The Kier molecular flexibility index (Phi) is 9.44. The predicted molar refractivity (Wildman–Crippen MR) is 188 cm³/mol. The molecule has 49 heavy (non-hydrogen) atoms. The molecule has 8 rings (SSSR count). The smallest absolute Gasteiger partial charge is 0.204 e. The second kappa shape index (κ2) is 13.9. The van der Waals surface area contributed by atoms with Gasteiger partial charge in [0.05, 0.1) is 34.5 Å². The van der Waals surface area contributed by atoms with Crippen molar-refractivity contribution in [1.82, 2.24) is 9.80 Å². The fraction of sp³-hybridized carbons (Fsp3) is 0.400. The number of rotatable bonds is 6. The number of hydrogen-bond acceptors (Lipinski definition) is 9. The lowest BCUT2D eigenvalue weighted by Crippen LogP contribution is -2.35. The molecule has 4 aromatic carbocycles. The summed E-state index contributed by atoms with van der Waals surface area (Å²) >= 11 is 0. The number of aliphatic hydroxyl groups excluding tert-OH is 1. The van der Waals surface area contributed by atoms with Gasteiger partial charge in [-0.3, -0.25) is 9.80 Å². The third-order valence-corrected chi connectivity index (χ3v) is 10.5. The molecule has 2 atom stereocenters. The Balaban J connectivity index is 1.50. The fourth-order valence-electron chi connectivity index (χ4n) is 7.86. The number of fused-ring (bicyclic) bond motifs is 2. The van der Waals surface area contributed by atoms with Gasteiger partial charge >= 0.3 is 0 Å². The zero-order chi connectivity index (χ0) is 34.2. The van der Waals surface area contributed by atoms with Crippen molar-refractivity contribution in [1.29, 1.82) is 0 Å². The van der Waals surface area contributed by atoms with Crippen LogP contribution in [0.4, 0.5) is 0 Å². The highest BCUT2D eigenvalue weighted by Gasteiger charge is 2.37. The summed E-state index contributed by atoms with van der Waals surface area (Å²) in [7, 11) is 11.0. The molecular formula is C40H46N2O7. The van der Waals surface area contributed by atoms with E-state index in [1.807, 2.05) is 18.2 Å². The first-order chi connectivity index (χ1) is 23.9. The molecule has 0 radical (unpaired) electrons. The van der Waals surface area contributed by atoms with Crippen LogP contribution in [-0.4, -0.2) is 70.5 Å². The van der Waals surface area contributed by atoms with Crippen molar-refractivity contribution in [3.05, 3.63) is 99.1 Å². The number of nitrogens with zero attached hydrogens (tertiary/aromatic N) is 2. The van der Waals surface area contributed by atoms with Crippen molar-refractivity contribution in [3.63, 3.8) is 0 Å². The van der Waals surface area contributed by atoms with Gasteiger partial charge in [-0.15, -0.1) is 0 Å². The molecule has 4 aromatic rings. The van der Waals surface area contributed by atoms with Crippen molar-refractivity contribution >= 4 is 0 Å². The van der Waals surface area contributed by atoms with Gasteiger partial charge in [0.15, 0.2) is 23.0 Å². The van der Waals surface area contributed by atoms with E-state index in [1.165, 1.54) is 16.7 Å². The van der Waals surface area contributed by atoms with Gasteiger partial charge in [-0.25, -0.2) is 0 Å². The van der Waals surface area contributed by atoms with Gasteiger partial charge < -0.3 is 33.5 Å². The van der Waals surface area contributed by atoms with Gasteiger partial charge in [0.2, 0.25) is 5.75 Å². The van der Waals surface area contributed by atoms with Gasteiger partial charge in [-0.1, -0.05) is 18.2 Å². The summed E-state index contributed by atoms with van der Waals surface area (Å²) in [6.07, 6.45) is 3.16. The summed E-state index contributed by atoms with van der Waals surface area (Å²) < 4.78 is 37.3. The van der Waals surface area contributed by atoms with Crippen LogP contribution < -0.4 is 23.7 Å². The lowest BCUT2D eigenvalue weighted by molar-refractivity contribution is 0.175. The van der Waals surface area contributed by atoms with Crippen molar-refractivity contribution in [3.8, 4) is 40.2 Å². The molecule has 6 bridgehead atoms. The van der Waals surface area contributed by atoms with Crippen LogP contribution in [0.15, 0.2) is 54.6 Å². The van der Waals surface area contributed by atoms with Crippen LogP contribution in [0.1, 0.15) is 56.6 Å². The van der Waals surface area contributed by atoms with E-state index in [0.717, 1.165) is 65.9 Å². The maximum atomic E-state index is 10.7. The SMILES string of the molecule is COCc1c2c3c(c(OC)c1OC)Oc1cc4c(cc1CO)CCN(C)[C@H]4Cc1ccc(cc1)Oc1cc(ccc1OC)C[C@@H]3N(C)CC2. The number of hydrogen-bond donors (Lipinski definition) is 1. The summed E-state index contributed by atoms with van der Waals surface area (Å²) in [5, 5.41) is 10.7. The first-order valence-electron chi connectivity index (χ1n) is 16.9. The second-order valence-electron chi connectivity index (χ2n) is 13.3. The Morgan fingerprint density at radius 1 is 0.755 bits per heavy atom. The Bertz CT molecular complexity index is 1840. The molecule has 0 fully saturated rings. The molecule has 0 aromatic heterocycles. The molecule has 258 valence electrons. The van der Waals surface area contributed by atoms with Crippen LogP contribution in [-0.2, 0) is 43.6 Å². The van der Waals surface area contributed by atoms with E-state index >= 15 is 0 Å². The number of benzene rings is 4. The summed E-state index contributed by atoms with van der Waals surface area (Å²) in [6.45, 7) is 1.98. The minimum Gasteiger partial charge on any atom is -0.493 e. The van der Waals surface area contributed by atoms with Gasteiger partial charge in [0, 0.05) is 49.0 Å². The highest BCUT2D eigenvalue weighted by Crippen LogP contribution is 2.53. The molecule has 0 spiro atoms. The highest BCUT2D eigenvalue weighted by atomic mass is 16.5. The van der Waals surface area contributed by atoms with Crippen LogP contribution >= 0.6 is 0 Å². The summed E-state index contributed by atoms with van der Waals surface area (Å²) in [5.41, 5.74) is 8.59. The van der Waals surface area contributed by atoms with Crippen LogP contribution in [0.25, 0.3) is 0 Å². The van der Waals surface area contributed by atoms with Crippen LogP contribution in [0, 0.1) is 0 Å². The molecule has 4 aliphatic rings. The topological polar surface area (TPSA) is 82.1 Å². The minimum absolute atomic E-state index is 0.0809. The molecule has 9 heteroatoms. The third kappa shape index (κ3) is 6.10. The van der Waals surface area contributed by atoms with Gasteiger partial charge in [0.25, 0.3) is 0 Å². The average molecular weight is 667 g/mol. The van der Waals surface area contributed by atoms with Crippen LogP contribution in [0.3, 0.4) is 0 Å². The lowest BCUT2D eigenvalue weighted by atomic mass is 9.84. The normalized spacial score (nSPS) is 18.8. The maximum Gasteiger partial charge on any atom is 0.204 e. The van der Waals surface area contributed by atoms with Gasteiger partial charge in [-0.2, -0.15) is 0 Å². The number of likely N-dealkylation sites (N-methyl/N-ethyl adjacent to an activating group) is 2. The van der Waals surface area contributed by atoms with E-state index in [-0.39, 0.29) is 18.7 Å². The number of ether oxygens (including phenoxy) is 6. The minimum atomic E-state index is -0.147. The van der Waals surface area contributed by atoms with E-state index in [0.29, 0.717) is 47.5 Å². The Morgan fingerprint density at radius 3 is 2.18 bits per heavy atom. The van der Waals surface area contributed by atoms with Crippen molar-refractivity contribution in [2.24, 2.45) is 0 Å². The van der Waals surface area contributed by atoms with Crippen molar-refractivity contribution in [2.75, 3.05) is 55.6 Å². The monoisotopic (exact) mass is 666 g/mol. The zero-order valence-electron chi connectivity index (χ0n) is 29.3. The summed E-state index contributed by atoms with van der Waals surface area (Å²) in [6, 6.07) is 18.8. The van der Waals surface area contributed by atoms with Gasteiger partial charge in [-0.05, 0) is 104 Å². The largest absolute Gasteiger partial charge is 0.493 e. The molecule has 0 unspecified atom stereocenters. The van der Waals surface area contributed by atoms with Crippen LogP contribution in [0.2, 0.25) is 0 Å². The van der Waals surface area contributed by atoms with E-state index in [1.54, 1.807) is 28.4 Å². The number of methoxy groups -OCH3 is 4. The molecule has 1 N–H and O–H groups in total. The predicted octanol–water partition coefficient (Wildman–Crippen LogP) is 6.79. The molecule has 0 saturated carbocycles. The molecule has 0 saturated heterocycles. The first-order valence-corrected chi connectivity index (χ1v) is 16.9. The van der Waals surface area contributed by atoms with Crippen molar-refractivity contribution < 1.29 is 33.5 Å². The van der Waals surface area contributed by atoms with E-state index in [4.69, 9.17) is 28.4 Å². The van der Waals surface area contributed by atoms with E-state index in [2.05, 4.69) is 60.3 Å². The van der Waals surface area contributed by atoms with E-state index < -0.39 is 0 Å². The molecule has 0 amide bonds. The Morgan fingerprint density at radius 2 is 1.47 bits per heavy atom. The number of aliphatic hydroxyl groups is 1. The lowest BCUT2D eigenvalue weighted by Gasteiger charge is -2.38. The standard InChI is InChI=1S/C40H46N2O7/c1-41-15-13-26-20-27(22-43)35-21-30(26)32(41)17-24-7-10-28(11-8-24)48-36-19-25(9-12-34(36)45-4)18-33-37-29(14-16-42(33)2)31(23-44-3)38(46-5)40(47-6)39(37)49-35/h7-12,19-21,32-33,43H,13-18,22-23H2,1-6H3/t32-,33-/m0/s1. The summed E-state index contributed by atoms with van der Waals surface area (Å²) in [4.78, 5) is 4.77. The van der Waals surface area contributed by atoms with E-state index in [9.17, 15) is 5.11 Å².